The van der Waals surface area contributed by atoms with E-state index in [-0.39, 0.29) is 19.4 Å². The first kappa shape index (κ1) is 53.6. The lowest BCUT2D eigenvalue weighted by atomic mass is 10.0. The lowest BCUT2D eigenvalue weighted by Gasteiger charge is -2.29. The van der Waals surface area contributed by atoms with Gasteiger partial charge in [-0.3, -0.25) is 9.36 Å². The molecule has 0 rings (SSSR count). The second kappa shape index (κ2) is 36.9. The van der Waals surface area contributed by atoms with Crippen LogP contribution in [0.5, 0.6) is 0 Å². The molecule has 0 spiro atoms. The molecule has 0 aliphatic heterocycles. The van der Waals surface area contributed by atoms with Gasteiger partial charge in [-0.1, -0.05) is 170 Å². The van der Waals surface area contributed by atoms with Gasteiger partial charge < -0.3 is 34.0 Å². The summed E-state index contributed by atoms with van der Waals surface area (Å²) in [5.74, 6) is -0.430. The van der Waals surface area contributed by atoms with Gasteiger partial charge in [0.1, 0.15) is 13.2 Å². The SMILES string of the molecule is CC/C=C\C/C=C\C/C=C\C/C=C\C/C=C\C=C/C(O)CCC(=O)N[C@@H](COP(=O)([O-])OCC[N+](C)(C)C)[C@H](O)/C=C/CCCCCCCCCCCCCC. The highest BCUT2D eigenvalue weighted by Gasteiger charge is 2.23. The zero-order valence-corrected chi connectivity index (χ0v) is 36.8. The Labute approximate surface area is 342 Å². The largest absolute Gasteiger partial charge is 0.756 e. The highest BCUT2D eigenvalue weighted by Crippen LogP contribution is 2.38. The Morgan fingerprint density at radius 3 is 1.75 bits per heavy atom. The van der Waals surface area contributed by atoms with Crippen LogP contribution in [0.4, 0.5) is 0 Å². The van der Waals surface area contributed by atoms with Crippen molar-refractivity contribution in [3.05, 3.63) is 85.1 Å². The lowest BCUT2D eigenvalue weighted by Crippen LogP contribution is -2.46. The number of phosphoric ester groups is 1. The molecule has 0 aliphatic carbocycles. The van der Waals surface area contributed by atoms with Crippen molar-refractivity contribution in [2.24, 2.45) is 0 Å². The number of phosphoric acid groups is 1. The molecule has 322 valence electrons. The average Bonchev–Trinajstić information content (AvgIpc) is 3.14. The molecule has 10 heteroatoms. The van der Waals surface area contributed by atoms with Crippen LogP contribution in [-0.2, 0) is 18.4 Å². The van der Waals surface area contributed by atoms with E-state index in [0.29, 0.717) is 11.0 Å². The van der Waals surface area contributed by atoms with Crippen molar-refractivity contribution in [2.45, 2.75) is 161 Å². The summed E-state index contributed by atoms with van der Waals surface area (Å²) in [7, 11) is 1.10. The summed E-state index contributed by atoms with van der Waals surface area (Å²) < 4.78 is 23.1. The number of aliphatic hydroxyl groups excluding tert-OH is 2. The molecule has 1 amide bonds. The van der Waals surface area contributed by atoms with Crippen molar-refractivity contribution in [3.8, 4) is 0 Å². The molecule has 2 unspecified atom stereocenters. The third-order valence-electron chi connectivity index (χ3n) is 8.98. The topological polar surface area (TPSA) is 128 Å². The van der Waals surface area contributed by atoms with Gasteiger partial charge in [0, 0.05) is 6.42 Å². The van der Waals surface area contributed by atoms with Crippen molar-refractivity contribution in [2.75, 3.05) is 40.9 Å². The van der Waals surface area contributed by atoms with Crippen LogP contribution in [0.1, 0.15) is 142 Å². The fraction of sp³-hybridized carbons (Fsp3) is 0.674. The third-order valence-corrected chi connectivity index (χ3v) is 9.94. The van der Waals surface area contributed by atoms with E-state index < -0.39 is 38.6 Å². The van der Waals surface area contributed by atoms with Gasteiger partial charge in [-0.15, -0.1) is 0 Å². The molecule has 0 heterocycles. The molecule has 3 N–H and O–H groups in total. The summed E-state index contributed by atoms with van der Waals surface area (Å²) in [5, 5.41) is 24.0. The fourth-order valence-corrected chi connectivity index (χ4v) is 6.22. The lowest BCUT2D eigenvalue weighted by molar-refractivity contribution is -0.870. The molecule has 0 aromatic rings. The van der Waals surface area contributed by atoms with Gasteiger partial charge in [-0.05, 0) is 51.4 Å². The second-order valence-corrected chi connectivity index (χ2v) is 16.9. The highest BCUT2D eigenvalue weighted by molar-refractivity contribution is 7.45. The van der Waals surface area contributed by atoms with Crippen LogP contribution in [0, 0.1) is 0 Å². The van der Waals surface area contributed by atoms with Crippen LogP contribution in [0.3, 0.4) is 0 Å². The zero-order valence-electron chi connectivity index (χ0n) is 35.9. The number of allylic oxidation sites excluding steroid dienone is 12. The first-order chi connectivity index (χ1) is 26.9. The Balaban J connectivity index is 4.73. The minimum atomic E-state index is -4.66. The van der Waals surface area contributed by atoms with E-state index >= 15 is 0 Å². The Bertz CT molecular complexity index is 1200. The Morgan fingerprint density at radius 2 is 1.21 bits per heavy atom. The first-order valence-corrected chi connectivity index (χ1v) is 23.0. The number of hydrogen-bond donors (Lipinski definition) is 3. The molecule has 0 fully saturated rings. The maximum absolute atomic E-state index is 12.8. The maximum Gasteiger partial charge on any atom is 0.268 e. The molecule has 0 radical (unpaired) electrons. The number of unbranched alkanes of at least 4 members (excludes halogenated alkanes) is 12. The second-order valence-electron chi connectivity index (χ2n) is 15.5. The van der Waals surface area contributed by atoms with Crippen LogP contribution >= 0.6 is 7.82 Å². The number of nitrogens with one attached hydrogen (secondary N) is 1. The van der Waals surface area contributed by atoms with Crippen LogP contribution in [-0.4, -0.2) is 79.8 Å². The summed E-state index contributed by atoms with van der Waals surface area (Å²) in [6, 6.07) is -1.01. The quantitative estimate of drug-likeness (QED) is 0.0188. The molecular formula is C46H81N2O7P. The van der Waals surface area contributed by atoms with E-state index in [2.05, 4.69) is 67.8 Å². The van der Waals surface area contributed by atoms with Crippen molar-refractivity contribution >= 4 is 13.7 Å². The van der Waals surface area contributed by atoms with Gasteiger partial charge in [-0.2, -0.15) is 0 Å². The number of hydrogen-bond acceptors (Lipinski definition) is 7. The van der Waals surface area contributed by atoms with Gasteiger partial charge in [0.05, 0.1) is 46.0 Å². The predicted octanol–water partition coefficient (Wildman–Crippen LogP) is 10.1. The summed E-state index contributed by atoms with van der Waals surface area (Å²) >= 11 is 0. The molecule has 0 aromatic heterocycles. The zero-order chi connectivity index (χ0) is 41.6. The molecule has 0 aromatic carbocycles. The normalized spacial score (nSPS) is 15.8. The average molecular weight is 805 g/mol. The number of likely N-dealkylation sites (N-methyl/N-ethyl adjacent to an activating group) is 1. The predicted molar refractivity (Wildman–Crippen MR) is 234 cm³/mol. The van der Waals surface area contributed by atoms with Gasteiger partial charge in [-0.25, -0.2) is 0 Å². The number of nitrogens with zero attached hydrogens (tertiary/aromatic N) is 1. The molecule has 0 saturated heterocycles. The molecule has 0 aliphatic rings. The van der Waals surface area contributed by atoms with Crippen molar-refractivity contribution in [1.29, 1.82) is 0 Å². The Kier molecular flexibility index (Phi) is 35.4. The number of rotatable bonds is 37. The molecule has 4 atom stereocenters. The minimum absolute atomic E-state index is 0.0159. The Hall–Kier alpha value is -2.36. The van der Waals surface area contributed by atoms with E-state index in [0.717, 1.165) is 51.4 Å². The summed E-state index contributed by atoms with van der Waals surface area (Å²) in [6.45, 7) is 4.31. The number of aliphatic hydroxyl groups is 2. The summed E-state index contributed by atoms with van der Waals surface area (Å²) in [5.41, 5.74) is 0. The molecule has 0 saturated carbocycles. The Morgan fingerprint density at radius 1 is 0.696 bits per heavy atom. The van der Waals surface area contributed by atoms with Gasteiger partial charge in [0.2, 0.25) is 5.91 Å². The van der Waals surface area contributed by atoms with Gasteiger partial charge >= 0.3 is 0 Å². The third kappa shape index (κ3) is 38.5. The molecular weight excluding hydrogens is 723 g/mol. The van der Waals surface area contributed by atoms with E-state index in [9.17, 15) is 24.5 Å². The maximum atomic E-state index is 12.8. The number of amides is 1. The van der Waals surface area contributed by atoms with Crippen LogP contribution < -0.4 is 10.2 Å². The van der Waals surface area contributed by atoms with E-state index in [4.69, 9.17) is 9.05 Å². The monoisotopic (exact) mass is 805 g/mol. The van der Waals surface area contributed by atoms with E-state index in [1.165, 1.54) is 64.2 Å². The molecule has 9 nitrogen and oxygen atoms in total. The highest BCUT2D eigenvalue weighted by atomic mass is 31.2. The van der Waals surface area contributed by atoms with Crippen molar-refractivity contribution in [3.63, 3.8) is 0 Å². The van der Waals surface area contributed by atoms with E-state index in [1.807, 2.05) is 39.4 Å². The first-order valence-electron chi connectivity index (χ1n) is 21.6. The van der Waals surface area contributed by atoms with Crippen molar-refractivity contribution < 1.29 is 38.0 Å². The fourth-order valence-electron chi connectivity index (χ4n) is 5.49. The number of carbonyl (C=O) groups is 1. The van der Waals surface area contributed by atoms with E-state index in [1.54, 1.807) is 18.2 Å². The minimum Gasteiger partial charge on any atom is -0.756 e. The van der Waals surface area contributed by atoms with Crippen molar-refractivity contribution in [1.82, 2.24) is 5.32 Å². The standard InChI is InChI=1S/C46H81N2O7P/c1-6-8-10-12-14-16-18-20-22-23-24-26-28-30-32-34-36-43(49)38-39-46(51)47-44(42-55-56(52,53)54-41-40-48(3,4)5)45(50)37-35-33-31-29-27-25-21-19-17-15-13-11-9-7-2/h8,10,14,16,20,22,24,26,30,32,34-37,43-45,49-50H,6-7,9,11-13,15,17-19,21,23,25,27-29,31,33,38-42H2,1-5H3,(H-,47,51,52,53)/b10-8-,16-14-,22-20-,26-24-,32-30-,36-34-,37-35+/t43?,44-,45+/m0/s1. The summed E-state index contributed by atoms with van der Waals surface area (Å²) in [6.07, 6.45) is 46.7. The van der Waals surface area contributed by atoms with Gasteiger partial charge in [0.15, 0.2) is 0 Å². The van der Waals surface area contributed by atoms with Crippen LogP contribution in [0.25, 0.3) is 0 Å². The summed E-state index contributed by atoms with van der Waals surface area (Å²) in [4.78, 5) is 25.3. The number of quaternary nitrogens is 1. The number of carbonyl (C=O) groups excluding carboxylic acids is 1. The van der Waals surface area contributed by atoms with Crippen LogP contribution in [0.2, 0.25) is 0 Å². The smallest absolute Gasteiger partial charge is 0.268 e. The van der Waals surface area contributed by atoms with Crippen LogP contribution in [0.15, 0.2) is 85.1 Å². The molecule has 56 heavy (non-hydrogen) atoms. The molecule has 0 bridgehead atoms. The van der Waals surface area contributed by atoms with Gasteiger partial charge in [0.25, 0.3) is 7.82 Å².